The maximum absolute atomic E-state index is 12.1. The van der Waals surface area contributed by atoms with Crippen molar-refractivity contribution < 1.29 is 9.53 Å². The molecule has 0 spiro atoms. The summed E-state index contributed by atoms with van der Waals surface area (Å²) >= 11 is 0. The van der Waals surface area contributed by atoms with Crippen LogP contribution in [-0.4, -0.2) is 63.7 Å². The molecule has 0 bridgehead atoms. The SMILES string of the molecule is CCCCOCCCN=C(NCC)NCCc1cccc(C(=O)N(C)C)c1.I. The van der Waals surface area contributed by atoms with Gasteiger partial charge in [0.25, 0.3) is 5.91 Å². The minimum atomic E-state index is 0. The number of nitrogens with one attached hydrogen (secondary N) is 2. The number of carbonyl (C=O) groups excluding carboxylic acids is 1. The lowest BCUT2D eigenvalue weighted by atomic mass is 10.1. The fourth-order valence-corrected chi connectivity index (χ4v) is 2.49. The number of carbonyl (C=O) groups is 1. The Balaban J connectivity index is 0.00000729. The topological polar surface area (TPSA) is 66.0 Å². The monoisotopic (exact) mass is 504 g/mol. The largest absolute Gasteiger partial charge is 0.381 e. The first-order valence-corrected chi connectivity index (χ1v) is 9.99. The van der Waals surface area contributed by atoms with Crippen LogP contribution in [0.25, 0.3) is 0 Å². The van der Waals surface area contributed by atoms with E-state index in [1.54, 1.807) is 19.0 Å². The summed E-state index contributed by atoms with van der Waals surface area (Å²) < 4.78 is 5.56. The highest BCUT2D eigenvalue weighted by Crippen LogP contribution is 2.07. The van der Waals surface area contributed by atoms with Crippen LogP contribution in [0, 0.1) is 0 Å². The molecule has 0 aliphatic carbocycles. The molecule has 7 heteroatoms. The minimum Gasteiger partial charge on any atom is -0.381 e. The van der Waals surface area contributed by atoms with E-state index >= 15 is 0 Å². The van der Waals surface area contributed by atoms with Crippen LogP contribution in [0.4, 0.5) is 0 Å². The first-order chi connectivity index (χ1) is 13.1. The highest BCUT2D eigenvalue weighted by molar-refractivity contribution is 14.0. The number of halogens is 1. The normalized spacial score (nSPS) is 10.9. The summed E-state index contributed by atoms with van der Waals surface area (Å²) in [7, 11) is 3.54. The first kappa shape index (κ1) is 26.6. The van der Waals surface area contributed by atoms with E-state index in [-0.39, 0.29) is 29.9 Å². The second-order valence-corrected chi connectivity index (χ2v) is 6.66. The molecule has 0 saturated heterocycles. The Labute approximate surface area is 187 Å². The third-order valence-corrected chi connectivity index (χ3v) is 3.99. The van der Waals surface area contributed by atoms with Crippen molar-refractivity contribution >= 4 is 35.8 Å². The summed E-state index contributed by atoms with van der Waals surface area (Å²) in [6.45, 7) is 8.15. The van der Waals surface area contributed by atoms with Crippen LogP contribution in [0.3, 0.4) is 0 Å². The predicted octanol–water partition coefficient (Wildman–Crippen LogP) is 3.31. The van der Waals surface area contributed by atoms with Crippen LogP contribution in [-0.2, 0) is 11.2 Å². The van der Waals surface area contributed by atoms with Crippen LogP contribution < -0.4 is 10.6 Å². The summed E-state index contributed by atoms with van der Waals surface area (Å²) in [6.07, 6.45) is 4.04. The number of aliphatic imine (C=N–C) groups is 1. The molecule has 2 N–H and O–H groups in total. The Morgan fingerprint density at radius 1 is 1.14 bits per heavy atom. The summed E-state index contributed by atoms with van der Waals surface area (Å²) in [4.78, 5) is 18.2. The quantitative estimate of drug-likeness (QED) is 0.199. The van der Waals surface area contributed by atoms with Crippen molar-refractivity contribution in [3.8, 4) is 0 Å². The van der Waals surface area contributed by atoms with Crippen LogP contribution in [0.5, 0.6) is 0 Å². The van der Waals surface area contributed by atoms with Crippen LogP contribution in [0.1, 0.15) is 49.0 Å². The lowest BCUT2D eigenvalue weighted by molar-refractivity contribution is 0.0827. The van der Waals surface area contributed by atoms with Gasteiger partial charge in [-0.2, -0.15) is 0 Å². The Morgan fingerprint density at radius 3 is 2.57 bits per heavy atom. The maximum atomic E-state index is 12.1. The molecule has 0 aromatic heterocycles. The van der Waals surface area contributed by atoms with E-state index in [4.69, 9.17) is 4.74 Å². The second-order valence-electron chi connectivity index (χ2n) is 6.66. The van der Waals surface area contributed by atoms with Crippen LogP contribution >= 0.6 is 24.0 Å². The minimum absolute atomic E-state index is 0. The number of hydrogen-bond acceptors (Lipinski definition) is 3. The lowest BCUT2D eigenvalue weighted by Gasteiger charge is -2.13. The van der Waals surface area contributed by atoms with E-state index in [0.717, 1.165) is 69.2 Å². The molecule has 0 radical (unpaired) electrons. The Kier molecular flexibility index (Phi) is 15.8. The van der Waals surface area contributed by atoms with E-state index in [2.05, 4.69) is 29.5 Å². The van der Waals surface area contributed by atoms with Crippen LogP contribution in [0.15, 0.2) is 29.3 Å². The van der Waals surface area contributed by atoms with Gasteiger partial charge >= 0.3 is 0 Å². The molecule has 1 rings (SSSR count). The number of rotatable bonds is 12. The van der Waals surface area contributed by atoms with Gasteiger partial charge < -0.3 is 20.3 Å². The summed E-state index contributed by atoms with van der Waals surface area (Å²) in [5.74, 6) is 0.854. The highest BCUT2D eigenvalue weighted by Gasteiger charge is 2.08. The molecule has 0 saturated carbocycles. The molecular formula is C21H37IN4O2. The van der Waals surface area contributed by atoms with Gasteiger partial charge in [0.1, 0.15) is 0 Å². The van der Waals surface area contributed by atoms with Crippen molar-refractivity contribution in [1.29, 1.82) is 0 Å². The van der Waals surface area contributed by atoms with E-state index in [9.17, 15) is 4.79 Å². The zero-order valence-corrected chi connectivity index (χ0v) is 20.1. The average molecular weight is 504 g/mol. The molecule has 6 nitrogen and oxygen atoms in total. The van der Waals surface area contributed by atoms with Gasteiger partial charge in [0, 0.05) is 52.5 Å². The number of nitrogens with zero attached hydrogens (tertiary/aromatic N) is 2. The number of amides is 1. The molecule has 0 unspecified atom stereocenters. The molecule has 0 fully saturated rings. The van der Waals surface area contributed by atoms with Gasteiger partial charge in [-0.25, -0.2) is 0 Å². The fourth-order valence-electron chi connectivity index (χ4n) is 2.49. The molecular weight excluding hydrogens is 467 g/mol. The third kappa shape index (κ3) is 11.5. The molecule has 1 aromatic rings. The third-order valence-electron chi connectivity index (χ3n) is 3.99. The predicted molar refractivity (Wildman–Crippen MR) is 128 cm³/mol. The van der Waals surface area contributed by atoms with Crippen LogP contribution in [0.2, 0.25) is 0 Å². The first-order valence-electron chi connectivity index (χ1n) is 9.99. The molecule has 0 aliphatic heterocycles. The lowest BCUT2D eigenvalue weighted by Crippen LogP contribution is -2.38. The molecule has 1 aromatic carbocycles. The summed E-state index contributed by atoms with van der Waals surface area (Å²) in [6, 6.07) is 7.80. The molecule has 1 amide bonds. The Bertz CT molecular complexity index is 579. The summed E-state index contributed by atoms with van der Waals surface area (Å²) in [5, 5.41) is 6.62. The molecule has 0 atom stereocenters. The number of unbranched alkanes of at least 4 members (excludes halogenated alkanes) is 1. The Hall–Kier alpha value is -1.35. The van der Waals surface area contributed by atoms with Crippen molar-refractivity contribution in [3.63, 3.8) is 0 Å². The van der Waals surface area contributed by atoms with E-state index < -0.39 is 0 Å². The highest BCUT2D eigenvalue weighted by atomic mass is 127. The average Bonchev–Trinajstić information content (AvgIpc) is 2.66. The van der Waals surface area contributed by atoms with Crippen molar-refractivity contribution in [2.45, 2.75) is 39.5 Å². The Morgan fingerprint density at radius 2 is 1.89 bits per heavy atom. The van der Waals surface area contributed by atoms with Gasteiger partial charge in [0.15, 0.2) is 5.96 Å². The smallest absolute Gasteiger partial charge is 0.253 e. The van der Waals surface area contributed by atoms with E-state index in [1.807, 2.05) is 24.3 Å². The van der Waals surface area contributed by atoms with E-state index in [0.29, 0.717) is 0 Å². The van der Waals surface area contributed by atoms with Gasteiger partial charge in [-0.3, -0.25) is 9.79 Å². The molecule has 0 aliphatic rings. The number of ether oxygens (including phenoxy) is 1. The fraction of sp³-hybridized carbons (Fsp3) is 0.619. The number of hydrogen-bond donors (Lipinski definition) is 2. The van der Waals surface area contributed by atoms with Crippen molar-refractivity contribution in [3.05, 3.63) is 35.4 Å². The van der Waals surface area contributed by atoms with Gasteiger partial charge in [-0.15, -0.1) is 24.0 Å². The zero-order valence-electron chi connectivity index (χ0n) is 17.8. The standard InChI is InChI=1S/C21H36N4O2.HI/c1-5-7-15-27-16-9-13-23-21(22-6-2)24-14-12-18-10-8-11-19(17-18)20(26)25(3)4;/h8,10-11,17H,5-7,9,12-16H2,1-4H3,(H2,22,23,24);1H. The summed E-state index contributed by atoms with van der Waals surface area (Å²) in [5.41, 5.74) is 1.86. The second kappa shape index (κ2) is 16.6. The van der Waals surface area contributed by atoms with E-state index in [1.165, 1.54) is 6.42 Å². The van der Waals surface area contributed by atoms with Gasteiger partial charge in [0.2, 0.25) is 0 Å². The maximum Gasteiger partial charge on any atom is 0.253 e. The van der Waals surface area contributed by atoms with Gasteiger partial charge in [-0.1, -0.05) is 25.5 Å². The molecule has 160 valence electrons. The molecule has 28 heavy (non-hydrogen) atoms. The van der Waals surface area contributed by atoms with Gasteiger partial charge in [-0.05, 0) is 43.9 Å². The number of guanidine groups is 1. The zero-order chi connectivity index (χ0) is 19.9. The van der Waals surface area contributed by atoms with Crippen molar-refractivity contribution in [1.82, 2.24) is 15.5 Å². The molecule has 0 heterocycles. The van der Waals surface area contributed by atoms with Crippen molar-refractivity contribution in [2.75, 3.05) is 46.9 Å². The van der Waals surface area contributed by atoms with Gasteiger partial charge in [0.05, 0.1) is 0 Å². The number of benzene rings is 1. The van der Waals surface area contributed by atoms with Crippen molar-refractivity contribution in [2.24, 2.45) is 4.99 Å².